The zero-order valence-electron chi connectivity index (χ0n) is 10.6. The van der Waals surface area contributed by atoms with Crippen LogP contribution in [0.2, 0.25) is 0 Å². The van der Waals surface area contributed by atoms with Gasteiger partial charge in [0.25, 0.3) is 5.91 Å². The summed E-state index contributed by atoms with van der Waals surface area (Å²) in [5.74, 6) is 1.03. The van der Waals surface area contributed by atoms with Crippen molar-refractivity contribution in [3.63, 3.8) is 0 Å². The summed E-state index contributed by atoms with van der Waals surface area (Å²) >= 11 is 0. The van der Waals surface area contributed by atoms with Crippen molar-refractivity contribution in [1.82, 2.24) is 9.88 Å². The van der Waals surface area contributed by atoms with Crippen LogP contribution in [0.15, 0.2) is 18.3 Å². The Morgan fingerprint density at radius 1 is 1.60 bits per heavy atom. The zero-order chi connectivity index (χ0) is 14.8. The maximum absolute atomic E-state index is 13.1. The maximum atomic E-state index is 13.1. The van der Waals surface area contributed by atoms with Gasteiger partial charge in [-0.25, -0.2) is 13.4 Å². The molecule has 7 heteroatoms. The third kappa shape index (κ3) is 3.14. The Bertz CT molecular complexity index is 666. The minimum absolute atomic E-state index is 0.0110. The van der Waals surface area contributed by atoms with Gasteiger partial charge in [0.05, 0.1) is 18.1 Å². The van der Waals surface area contributed by atoms with Crippen LogP contribution in [0.4, 0.5) is 4.39 Å². The van der Waals surface area contributed by atoms with E-state index >= 15 is 0 Å². The average Bonchev–Trinajstić information content (AvgIpc) is 2.75. The summed E-state index contributed by atoms with van der Waals surface area (Å²) in [6.07, 6.45) is 6.76. The highest BCUT2D eigenvalue weighted by molar-refractivity contribution is 7.91. The van der Waals surface area contributed by atoms with E-state index in [4.69, 9.17) is 6.42 Å². The second-order valence-corrected chi connectivity index (χ2v) is 6.79. The number of sulfone groups is 1. The van der Waals surface area contributed by atoms with Gasteiger partial charge in [0.1, 0.15) is 0 Å². The quantitative estimate of drug-likeness (QED) is 0.601. The molecular formula is C13H13FN2O3S. The van der Waals surface area contributed by atoms with Gasteiger partial charge in [-0.3, -0.25) is 4.79 Å². The summed E-state index contributed by atoms with van der Waals surface area (Å²) in [5.41, 5.74) is 0.108. The fourth-order valence-electron chi connectivity index (χ4n) is 2.19. The molecule has 20 heavy (non-hydrogen) atoms. The molecule has 1 aromatic rings. The number of amides is 1. The molecule has 0 bridgehead atoms. The summed E-state index contributed by atoms with van der Waals surface area (Å²) in [5, 5.41) is 0. The van der Waals surface area contributed by atoms with E-state index in [9.17, 15) is 17.6 Å². The predicted octanol–water partition coefficient (Wildman–Crippen LogP) is 0.483. The Kier molecular flexibility index (Phi) is 4.04. The van der Waals surface area contributed by atoms with Gasteiger partial charge in [-0.05, 0) is 12.5 Å². The second-order valence-electron chi connectivity index (χ2n) is 4.56. The fraction of sp³-hybridized carbons (Fsp3) is 0.385. The molecule has 2 heterocycles. The summed E-state index contributed by atoms with van der Waals surface area (Å²) in [4.78, 5) is 17.0. The van der Waals surface area contributed by atoms with E-state index in [1.54, 1.807) is 0 Å². The maximum Gasteiger partial charge on any atom is 0.255 e. The first-order valence-corrected chi connectivity index (χ1v) is 7.81. The van der Waals surface area contributed by atoms with Crippen molar-refractivity contribution in [2.45, 2.75) is 12.5 Å². The third-order valence-electron chi connectivity index (χ3n) is 3.15. The number of hydrogen-bond acceptors (Lipinski definition) is 4. The number of pyridine rings is 1. The van der Waals surface area contributed by atoms with Crippen LogP contribution in [0.1, 0.15) is 16.8 Å². The number of carbonyl (C=O) groups is 1. The van der Waals surface area contributed by atoms with Crippen LogP contribution >= 0.6 is 0 Å². The molecule has 0 N–H and O–H groups in total. The Balaban J connectivity index is 2.25. The van der Waals surface area contributed by atoms with E-state index in [1.807, 2.05) is 0 Å². The highest BCUT2D eigenvalue weighted by Gasteiger charge is 2.34. The number of hydrogen-bond donors (Lipinski definition) is 0. The van der Waals surface area contributed by atoms with Crippen LogP contribution in [0.3, 0.4) is 0 Å². The normalized spacial score (nSPS) is 20.3. The number of halogens is 1. The van der Waals surface area contributed by atoms with E-state index in [0.29, 0.717) is 6.42 Å². The molecule has 1 aliphatic heterocycles. The smallest absolute Gasteiger partial charge is 0.255 e. The molecule has 1 fully saturated rings. The van der Waals surface area contributed by atoms with Crippen molar-refractivity contribution in [3.05, 3.63) is 29.8 Å². The molecule has 1 unspecified atom stereocenters. The van der Waals surface area contributed by atoms with Gasteiger partial charge in [-0.2, -0.15) is 4.39 Å². The van der Waals surface area contributed by atoms with E-state index in [1.165, 1.54) is 17.2 Å². The SMILES string of the molecule is C#CCN(C(=O)c1ccnc(F)c1)C1CCS(=O)(=O)C1. The van der Waals surface area contributed by atoms with E-state index < -0.39 is 27.7 Å². The van der Waals surface area contributed by atoms with Gasteiger partial charge in [0.2, 0.25) is 5.95 Å². The van der Waals surface area contributed by atoms with Crippen molar-refractivity contribution in [2.24, 2.45) is 0 Å². The summed E-state index contributed by atoms with van der Waals surface area (Å²) < 4.78 is 36.1. The highest BCUT2D eigenvalue weighted by Crippen LogP contribution is 2.19. The number of terminal acetylenes is 1. The molecule has 5 nitrogen and oxygen atoms in total. The Hall–Kier alpha value is -1.94. The van der Waals surface area contributed by atoms with E-state index in [-0.39, 0.29) is 23.6 Å². The molecule has 0 aliphatic carbocycles. The molecule has 0 aromatic carbocycles. The number of rotatable bonds is 3. The molecule has 1 aromatic heterocycles. The summed E-state index contributed by atoms with van der Waals surface area (Å²) in [6, 6.07) is 1.92. The topological polar surface area (TPSA) is 67.3 Å². The third-order valence-corrected chi connectivity index (χ3v) is 4.90. The Morgan fingerprint density at radius 3 is 2.90 bits per heavy atom. The molecular weight excluding hydrogens is 283 g/mol. The minimum atomic E-state index is -3.13. The van der Waals surface area contributed by atoms with Gasteiger partial charge in [-0.15, -0.1) is 6.42 Å². The lowest BCUT2D eigenvalue weighted by atomic mass is 10.1. The van der Waals surface area contributed by atoms with Crippen LogP contribution in [0, 0.1) is 18.3 Å². The first-order chi connectivity index (χ1) is 9.43. The molecule has 1 amide bonds. The average molecular weight is 296 g/mol. The van der Waals surface area contributed by atoms with E-state index in [2.05, 4.69) is 10.9 Å². The first kappa shape index (κ1) is 14.5. The number of aromatic nitrogens is 1. The van der Waals surface area contributed by atoms with Crippen molar-refractivity contribution in [1.29, 1.82) is 0 Å². The minimum Gasteiger partial charge on any atom is -0.323 e. The molecule has 1 atom stereocenters. The van der Waals surface area contributed by atoms with Gasteiger partial charge < -0.3 is 4.90 Å². The molecule has 0 radical (unpaired) electrons. The monoisotopic (exact) mass is 296 g/mol. The van der Waals surface area contributed by atoms with Gasteiger partial charge in [0, 0.05) is 23.9 Å². The fourth-order valence-corrected chi connectivity index (χ4v) is 3.92. The van der Waals surface area contributed by atoms with Crippen molar-refractivity contribution in [2.75, 3.05) is 18.1 Å². The first-order valence-electron chi connectivity index (χ1n) is 5.99. The lowest BCUT2D eigenvalue weighted by Crippen LogP contribution is -2.41. The summed E-state index contributed by atoms with van der Waals surface area (Å²) in [6.45, 7) is -0.0110. The largest absolute Gasteiger partial charge is 0.323 e. The lowest BCUT2D eigenvalue weighted by Gasteiger charge is -2.26. The van der Waals surface area contributed by atoms with Crippen LogP contribution in [0.5, 0.6) is 0 Å². The highest BCUT2D eigenvalue weighted by atomic mass is 32.2. The molecule has 2 rings (SSSR count). The molecule has 1 saturated heterocycles. The Labute approximate surface area is 116 Å². The van der Waals surface area contributed by atoms with Crippen LogP contribution in [-0.2, 0) is 9.84 Å². The lowest BCUT2D eigenvalue weighted by molar-refractivity contribution is 0.0723. The van der Waals surface area contributed by atoms with Crippen LogP contribution in [0.25, 0.3) is 0 Å². The molecule has 0 spiro atoms. The number of nitrogens with zero attached hydrogens (tertiary/aromatic N) is 2. The predicted molar refractivity (Wildman–Crippen MR) is 71.1 cm³/mol. The molecule has 1 aliphatic rings. The van der Waals surface area contributed by atoms with Gasteiger partial charge >= 0.3 is 0 Å². The van der Waals surface area contributed by atoms with Gasteiger partial charge in [0.15, 0.2) is 9.84 Å². The van der Waals surface area contributed by atoms with E-state index in [0.717, 1.165) is 6.07 Å². The van der Waals surface area contributed by atoms with Crippen molar-refractivity contribution >= 4 is 15.7 Å². The van der Waals surface area contributed by atoms with Crippen LogP contribution < -0.4 is 0 Å². The van der Waals surface area contributed by atoms with Crippen molar-refractivity contribution in [3.8, 4) is 12.3 Å². The van der Waals surface area contributed by atoms with Crippen LogP contribution in [-0.4, -0.2) is 48.3 Å². The molecule has 106 valence electrons. The molecule has 0 saturated carbocycles. The zero-order valence-corrected chi connectivity index (χ0v) is 11.4. The van der Waals surface area contributed by atoms with Crippen molar-refractivity contribution < 1.29 is 17.6 Å². The standard InChI is InChI=1S/C13H13FN2O3S/c1-2-6-16(11-4-7-20(18,19)9-11)13(17)10-3-5-15-12(14)8-10/h1,3,5,8,11H,4,6-7,9H2. The van der Waals surface area contributed by atoms with Gasteiger partial charge in [-0.1, -0.05) is 5.92 Å². The number of carbonyl (C=O) groups excluding carboxylic acids is 1. The Morgan fingerprint density at radius 2 is 2.35 bits per heavy atom. The summed E-state index contributed by atoms with van der Waals surface area (Å²) in [7, 11) is -3.13. The second kappa shape index (κ2) is 5.59.